The van der Waals surface area contributed by atoms with Gasteiger partial charge in [0.05, 0.1) is 10.7 Å². The van der Waals surface area contributed by atoms with Crippen LogP contribution in [0.2, 0.25) is 5.02 Å². The third-order valence-corrected chi connectivity index (χ3v) is 4.46. The van der Waals surface area contributed by atoms with Crippen molar-refractivity contribution < 1.29 is 4.79 Å². The summed E-state index contributed by atoms with van der Waals surface area (Å²) >= 11 is 6.46. The minimum absolute atomic E-state index is 0.0376. The van der Waals surface area contributed by atoms with E-state index in [4.69, 9.17) is 11.6 Å². The maximum absolute atomic E-state index is 10.9. The molecule has 1 fully saturated rings. The van der Waals surface area contributed by atoms with Gasteiger partial charge in [-0.15, -0.1) is 0 Å². The smallest absolute Gasteiger partial charge is 0.216 e. The molecule has 1 N–H and O–H groups in total. The largest absolute Gasteiger partial charge is 0.368 e. The molecule has 2 rings (SSSR count). The number of rotatable bonds is 5. The van der Waals surface area contributed by atoms with Crippen molar-refractivity contribution >= 4 is 23.2 Å². The van der Waals surface area contributed by atoms with E-state index in [1.165, 1.54) is 5.56 Å². The van der Waals surface area contributed by atoms with Gasteiger partial charge in [0.1, 0.15) is 0 Å². The summed E-state index contributed by atoms with van der Waals surface area (Å²) in [7, 11) is 0. The van der Waals surface area contributed by atoms with Gasteiger partial charge in [0.2, 0.25) is 5.91 Å². The Bertz CT molecular complexity index is 511. The predicted molar refractivity (Wildman–Crippen MR) is 92.9 cm³/mol. The van der Waals surface area contributed by atoms with E-state index < -0.39 is 0 Å². The quantitative estimate of drug-likeness (QED) is 0.905. The Balaban J connectivity index is 1.87. The molecular formula is C17H26ClN3O. The van der Waals surface area contributed by atoms with Crippen molar-refractivity contribution in [1.29, 1.82) is 0 Å². The molecule has 0 bridgehead atoms. The lowest BCUT2D eigenvalue weighted by Crippen LogP contribution is -2.48. The maximum atomic E-state index is 10.9. The van der Waals surface area contributed by atoms with Crippen LogP contribution in [0.3, 0.4) is 0 Å². The van der Waals surface area contributed by atoms with Crippen LogP contribution in [-0.4, -0.2) is 50.1 Å². The van der Waals surface area contributed by atoms with Gasteiger partial charge in [-0.1, -0.05) is 31.5 Å². The summed E-state index contributed by atoms with van der Waals surface area (Å²) in [6, 6.07) is 6.41. The van der Waals surface area contributed by atoms with Gasteiger partial charge in [-0.25, -0.2) is 0 Å². The number of carbonyl (C=O) groups excluding carboxylic acids is 1. The van der Waals surface area contributed by atoms with E-state index in [2.05, 4.69) is 47.2 Å². The molecule has 0 unspecified atom stereocenters. The first-order chi connectivity index (χ1) is 10.5. The molecule has 1 aromatic carbocycles. The molecule has 0 spiro atoms. The Morgan fingerprint density at radius 1 is 1.27 bits per heavy atom. The van der Waals surface area contributed by atoms with Crippen molar-refractivity contribution in [1.82, 2.24) is 10.2 Å². The van der Waals surface area contributed by atoms with Gasteiger partial charge < -0.3 is 10.2 Å². The van der Waals surface area contributed by atoms with Gasteiger partial charge in [-0.2, -0.15) is 0 Å². The Hall–Kier alpha value is -1.26. The lowest BCUT2D eigenvalue weighted by atomic mass is 10.0. The summed E-state index contributed by atoms with van der Waals surface area (Å²) in [5.74, 6) is 0.535. The average Bonchev–Trinajstić information content (AvgIpc) is 2.47. The summed E-state index contributed by atoms with van der Waals surface area (Å²) < 4.78 is 0. The number of halogens is 1. The first-order valence-electron chi connectivity index (χ1n) is 7.98. The van der Waals surface area contributed by atoms with E-state index >= 15 is 0 Å². The molecule has 1 amide bonds. The molecule has 1 heterocycles. The number of nitrogens with one attached hydrogen (secondary N) is 1. The number of amides is 1. The zero-order valence-electron chi connectivity index (χ0n) is 13.7. The van der Waals surface area contributed by atoms with E-state index in [0.717, 1.165) is 50.0 Å². The van der Waals surface area contributed by atoms with Crippen LogP contribution in [0, 0.1) is 0 Å². The number of hydrogen-bond donors (Lipinski definition) is 1. The molecule has 1 aliphatic rings. The van der Waals surface area contributed by atoms with E-state index in [1.54, 1.807) is 6.92 Å². The Morgan fingerprint density at radius 3 is 2.50 bits per heavy atom. The van der Waals surface area contributed by atoms with Crippen LogP contribution in [0.1, 0.15) is 32.3 Å². The molecule has 0 atom stereocenters. The van der Waals surface area contributed by atoms with Crippen molar-refractivity contribution in [2.75, 3.05) is 44.2 Å². The summed E-state index contributed by atoms with van der Waals surface area (Å²) in [6.45, 7) is 11.5. The fourth-order valence-electron chi connectivity index (χ4n) is 2.74. The SMILES string of the molecule is CC(=O)NCCN1CCN(c2ccc(C(C)C)cc2Cl)CC1. The zero-order valence-corrected chi connectivity index (χ0v) is 14.5. The third kappa shape index (κ3) is 4.62. The minimum Gasteiger partial charge on any atom is -0.368 e. The van der Waals surface area contributed by atoms with E-state index in [0.29, 0.717) is 5.92 Å². The minimum atomic E-state index is 0.0376. The molecule has 122 valence electrons. The lowest BCUT2D eigenvalue weighted by Gasteiger charge is -2.36. The van der Waals surface area contributed by atoms with Crippen LogP contribution in [0.25, 0.3) is 0 Å². The first kappa shape index (κ1) is 17.1. The van der Waals surface area contributed by atoms with Crippen molar-refractivity contribution in [3.63, 3.8) is 0 Å². The van der Waals surface area contributed by atoms with Gasteiger partial charge in [-0.3, -0.25) is 9.69 Å². The highest BCUT2D eigenvalue weighted by Gasteiger charge is 2.19. The van der Waals surface area contributed by atoms with Gasteiger partial charge in [0, 0.05) is 46.2 Å². The fourth-order valence-corrected chi connectivity index (χ4v) is 3.05. The Kier molecular flexibility index (Phi) is 6.09. The number of anilines is 1. The summed E-state index contributed by atoms with van der Waals surface area (Å²) in [5, 5.41) is 3.69. The molecular weight excluding hydrogens is 298 g/mol. The Labute approximate surface area is 138 Å². The zero-order chi connectivity index (χ0) is 16.1. The highest BCUT2D eigenvalue weighted by Crippen LogP contribution is 2.30. The topological polar surface area (TPSA) is 35.6 Å². The highest BCUT2D eigenvalue weighted by molar-refractivity contribution is 6.33. The molecule has 0 aromatic heterocycles. The van der Waals surface area contributed by atoms with Crippen LogP contribution in [0.4, 0.5) is 5.69 Å². The normalized spacial score (nSPS) is 16.1. The van der Waals surface area contributed by atoms with Gasteiger partial charge in [-0.05, 0) is 23.6 Å². The van der Waals surface area contributed by atoms with Crippen LogP contribution < -0.4 is 10.2 Å². The molecule has 1 aromatic rings. The van der Waals surface area contributed by atoms with Gasteiger partial charge >= 0.3 is 0 Å². The highest BCUT2D eigenvalue weighted by atomic mass is 35.5. The van der Waals surface area contributed by atoms with Crippen molar-refractivity contribution in [3.8, 4) is 0 Å². The molecule has 0 radical (unpaired) electrons. The van der Waals surface area contributed by atoms with Crippen LogP contribution in [0.5, 0.6) is 0 Å². The van der Waals surface area contributed by atoms with Crippen molar-refractivity contribution in [2.24, 2.45) is 0 Å². The molecule has 22 heavy (non-hydrogen) atoms. The molecule has 1 saturated heterocycles. The number of carbonyl (C=O) groups is 1. The standard InChI is InChI=1S/C17H26ClN3O/c1-13(2)15-4-5-17(16(18)12-15)21-10-8-20(9-11-21)7-6-19-14(3)22/h4-5,12-13H,6-11H2,1-3H3,(H,19,22). The predicted octanol–water partition coefficient (Wildman–Crippen LogP) is 2.72. The molecule has 5 heteroatoms. The second-order valence-corrected chi connectivity index (χ2v) is 6.58. The fraction of sp³-hybridized carbons (Fsp3) is 0.588. The molecule has 0 saturated carbocycles. The Morgan fingerprint density at radius 2 is 1.95 bits per heavy atom. The number of nitrogens with zero attached hydrogens (tertiary/aromatic N) is 2. The first-order valence-corrected chi connectivity index (χ1v) is 8.36. The van der Waals surface area contributed by atoms with Gasteiger partial charge in [0.15, 0.2) is 0 Å². The van der Waals surface area contributed by atoms with Crippen LogP contribution >= 0.6 is 11.6 Å². The van der Waals surface area contributed by atoms with Crippen LogP contribution in [0.15, 0.2) is 18.2 Å². The van der Waals surface area contributed by atoms with Crippen molar-refractivity contribution in [3.05, 3.63) is 28.8 Å². The van der Waals surface area contributed by atoms with E-state index in [1.807, 2.05) is 0 Å². The monoisotopic (exact) mass is 323 g/mol. The number of piperazine rings is 1. The number of hydrogen-bond acceptors (Lipinski definition) is 3. The summed E-state index contributed by atoms with van der Waals surface area (Å²) in [6.07, 6.45) is 0. The van der Waals surface area contributed by atoms with Crippen molar-refractivity contribution in [2.45, 2.75) is 26.7 Å². The molecule has 0 aliphatic carbocycles. The average molecular weight is 324 g/mol. The maximum Gasteiger partial charge on any atom is 0.216 e. The molecule has 4 nitrogen and oxygen atoms in total. The second kappa shape index (κ2) is 7.84. The summed E-state index contributed by atoms with van der Waals surface area (Å²) in [5.41, 5.74) is 2.41. The van der Waals surface area contributed by atoms with E-state index in [-0.39, 0.29) is 5.91 Å². The van der Waals surface area contributed by atoms with Crippen LogP contribution in [-0.2, 0) is 4.79 Å². The third-order valence-electron chi connectivity index (χ3n) is 4.15. The molecule has 1 aliphatic heterocycles. The lowest BCUT2D eigenvalue weighted by molar-refractivity contribution is -0.119. The van der Waals surface area contributed by atoms with Gasteiger partial charge in [0.25, 0.3) is 0 Å². The van der Waals surface area contributed by atoms with E-state index in [9.17, 15) is 4.79 Å². The number of benzene rings is 1. The second-order valence-electron chi connectivity index (χ2n) is 6.18. The summed E-state index contributed by atoms with van der Waals surface area (Å²) in [4.78, 5) is 15.6.